The predicted molar refractivity (Wildman–Crippen MR) is 123 cm³/mol. The predicted octanol–water partition coefficient (Wildman–Crippen LogP) is 0.782. The largest absolute Gasteiger partial charge is 0.481 e. The van der Waals surface area contributed by atoms with E-state index in [2.05, 4.69) is 31.8 Å². The highest BCUT2D eigenvalue weighted by Crippen LogP contribution is 2.20. The number of nitrogens with two attached hydrogens (primary N) is 2. The molecule has 3 aromatic rings. The fourth-order valence-corrected chi connectivity index (χ4v) is 3.07. The molecule has 176 valence electrons. The summed E-state index contributed by atoms with van der Waals surface area (Å²) < 4.78 is 0. The SMILES string of the molecule is C=CN(Cc1cnc2nc(N)nc(N)c2n1)c1ccc(C(=O)NC(CCC(=O)O)C(=O)O)cc1. The third-order valence-electron chi connectivity index (χ3n) is 4.77. The number of carbonyl (C=O) groups is 3. The highest BCUT2D eigenvalue weighted by atomic mass is 16.4. The van der Waals surface area contributed by atoms with E-state index in [-0.39, 0.29) is 42.4 Å². The van der Waals surface area contributed by atoms with Crippen LogP contribution in [0.25, 0.3) is 11.2 Å². The molecule has 1 aromatic carbocycles. The molecule has 0 aliphatic heterocycles. The van der Waals surface area contributed by atoms with E-state index in [1.807, 2.05) is 0 Å². The van der Waals surface area contributed by atoms with Gasteiger partial charge in [0.05, 0.1) is 18.4 Å². The zero-order valence-corrected chi connectivity index (χ0v) is 17.9. The first-order valence-corrected chi connectivity index (χ1v) is 9.97. The Balaban J connectivity index is 1.72. The molecule has 7 N–H and O–H groups in total. The number of benzene rings is 1. The zero-order valence-electron chi connectivity index (χ0n) is 17.9. The van der Waals surface area contributed by atoms with E-state index in [9.17, 15) is 19.5 Å². The molecular weight excluding hydrogens is 444 g/mol. The molecule has 2 heterocycles. The number of aromatic nitrogens is 4. The Hall–Kier alpha value is -4.81. The minimum atomic E-state index is -1.31. The average molecular weight is 466 g/mol. The molecule has 0 saturated carbocycles. The summed E-state index contributed by atoms with van der Waals surface area (Å²) in [6, 6.07) is 5.01. The molecule has 0 aliphatic rings. The molecule has 0 aliphatic carbocycles. The molecule has 2 aromatic heterocycles. The number of carboxylic acids is 2. The molecule has 13 heteroatoms. The van der Waals surface area contributed by atoms with E-state index in [0.29, 0.717) is 16.9 Å². The van der Waals surface area contributed by atoms with Crippen LogP contribution in [0, 0.1) is 0 Å². The van der Waals surface area contributed by atoms with Crippen molar-refractivity contribution in [3.8, 4) is 0 Å². The quantitative estimate of drug-likeness (QED) is 0.280. The average Bonchev–Trinajstić information content (AvgIpc) is 2.80. The van der Waals surface area contributed by atoms with Crippen molar-refractivity contribution in [3.05, 3.63) is 54.5 Å². The lowest BCUT2D eigenvalue weighted by atomic mass is 10.1. The van der Waals surface area contributed by atoms with Crippen LogP contribution in [0.3, 0.4) is 0 Å². The lowest BCUT2D eigenvalue weighted by molar-refractivity contribution is -0.140. The number of nitrogens with zero attached hydrogens (tertiary/aromatic N) is 5. The lowest BCUT2D eigenvalue weighted by Gasteiger charge is -2.20. The fraction of sp³-hybridized carbons (Fsp3) is 0.190. The normalized spacial score (nSPS) is 11.5. The van der Waals surface area contributed by atoms with Crippen LogP contribution < -0.4 is 21.7 Å². The van der Waals surface area contributed by atoms with Crippen molar-refractivity contribution in [2.24, 2.45) is 0 Å². The van der Waals surface area contributed by atoms with Gasteiger partial charge in [-0.25, -0.2) is 14.8 Å². The summed E-state index contributed by atoms with van der Waals surface area (Å²) in [6.45, 7) is 4.07. The van der Waals surface area contributed by atoms with Crippen LogP contribution in [0.5, 0.6) is 0 Å². The number of amides is 1. The summed E-state index contributed by atoms with van der Waals surface area (Å²) in [5.74, 6) is -2.98. The zero-order chi connectivity index (χ0) is 24.8. The molecule has 1 atom stereocenters. The molecule has 34 heavy (non-hydrogen) atoms. The van der Waals surface area contributed by atoms with Crippen molar-refractivity contribution in [2.45, 2.75) is 25.4 Å². The number of rotatable bonds is 10. The Kier molecular flexibility index (Phi) is 7.16. The molecule has 0 saturated heterocycles. The first-order valence-electron chi connectivity index (χ1n) is 9.97. The van der Waals surface area contributed by atoms with Crippen molar-refractivity contribution < 1.29 is 24.6 Å². The molecule has 0 spiro atoms. The van der Waals surface area contributed by atoms with Gasteiger partial charge in [0.1, 0.15) is 6.04 Å². The maximum absolute atomic E-state index is 12.4. The lowest BCUT2D eigenvalue weighted by Crippen LogP contribution is -2.41. The van der Waals surface area contributed by atoms with Crippen LogP contribution in [0.15, 0.2) is 43.2 Å². The van der Waals surface area contributed by atoms with Gasteiger partial charge in [-0.05, 0) is 36.9 Å². The number of fused-ring (bicyclic) bond motifs is 1. The van der Waals surface area contributed by atoms with Gasteiger partial charge in [-0.15, -0.1) is 0 Å². The number of nitrogens with one attached hydrogen (secondary N) is 1. The van der Waals surface area contributed by atoms with Crippen molar-refractivity contribution in [2.75, 3.05) is 16.4 Å². The fourth-order valence-electron chi connectivity index (χ4n) is 3.07. The minimum Gasteiger partial charge on any atom is -0.481 e. The molecule has 0 radical (unpaired) electrons. The number of nitrogen functional groups attached to an aromatic ring is 2. The first-order chi connectivity index (χ1) is 16.2. The summed E-state index contributed by atoms with van der Waals surface area (Å²) in [6.07, 6.45) is 2.48. The summed E-state index contributed by atoms with van der Waals surface area (Å²) in [5, 5.41) is 20.3. The van der Waals surface area contributed by atoms with Crippen LogP contribution in [-0.4, -0.2) is 54.0 Å². The number of hydrogen-bond acceptors (Lipinski definition) is 10. The minimum absolute atomic E-state index is 0.000422. The van der Waals surface area contributed by atoms with Gasteiger partial charge in [0.2, 0.25) is 5.95 Å². The van der Waals surface area contributed by atoms with Gasteiger partial charge >= 0.3 is 11.9 Å². The topological polar surface area (TPSA) is 211 Å². The second-order valence-electron chi connectivity index (χ2n) is 7.15. The van der Waals surface area contributed by atoms with Crippen LogP contribution in [0.1, 0.15) is 28.9 Å². The Bertz CT molecular complexity index is 1250. The summed E-state index contributed by atoms with van der Waals surface area (Å²) in [7, 11) is 0. The van der Waals surface area contributed by atoms with Gasteiger partial charge in [-0.2, -0.15) is 9.97 Å². The van der Waals surface area contributed by atoms with E-state index < -0.39 is 23.9 Å². The monoisotopic (exact) mass is 466 g/mol. The van der Waals surface area contributed by atoms with Crippen molar-refractivity contribution in [1.29, 1.82) is 0 Å². The maximum Gasteiger partial charge on any atom is 0.326 e. The van der Waals surface area contributed by atoms with Crippen molar-refractivity contribution in [1.82, 2.24) is 25.3 Å². The number of carbonyl (C=O) groups excluding carboxylic acids is 1. The highest BCUT2D eigenvalue weighted by Gasteiger charge is 2.21. The van der Waals surface area contributed by atoms with E-state index >= 15 is 0 Å². The Morgan fingerprint density at radius 1 is 1.12 bits per heavy atom. The van der Waals surface area contributed by atoms with Gasteiger partial charge in [-0.3, -0.25) is 9.59 Å². The van der Waals surface area contributed by atoms with Gasteiger partial charge in [0, 0.05) is 17.7 Å². The Morgan fingerprint density at radius 3 is 2.44 bits per heavy atom. The second-order valence-corrected chi connectivity index (χ2v) is 7.15. The van der Waals surface area contributed by atoms with Crippen LogP contribution in [0.2, 0.25) is 0 Å². The number of carboxylic acid groups (broad SMARTS) is 2. The number of anilines is 3. The molecular formula is C21H22N8O5. The molecule has 1 amide bonds. The maximum atomic E-state index is 12.4. The molecule has 13 nitrogen and oxygen atoms in total. The standard InChI is InChI=1S/C21H22N8O5/c1-2-29(10-12-9-24-18-16(25-12)17(22)27-21(23)28-18)13-5-3-11(4-6-13)19(32)26-14(20(33)34)7-8-15(30)31/h2-6,9,14H,1,7-8,10H2,(H,26,32)(H,30,31)(H,33,34)(H4,22,23,24,27,28). The third-order valence-corrected chi connectivity index (χ3v) is 4.77. The Labute approximate surface area is 193 Å². The van der Waals surface area contributed by atoms with Crippen LogP contribution in [0.4, 0.5) is 17.5 Å². The summed E-state index contributed by atoms with van der Waals surface area (Å²) in [4.78, 5) is 52.7. The van der Waals surface area contributed by atoms with E-state index in [1.165, 1.54) is 18.3 Å². The van der Waals surface area contributed by atoms with Crippen molar-refractivity contribution >= 4 is 46.5 Å². The first kappa shape index (κ1) is 23.8. The highest BCUT2D eigenvalue weighted by molar-refractivity contribution is 5.97. The second kappa shape index (κ2) is 10.2. The van der Waals surface area contributed by atoms with E-state index in [4.69, 9.17) is 16.6 Å². The van der Waals surface area contributed by atoms with Crippen LogP contribution >= 0.6 is 0 Å². The third kappa shape index (κ3) is 5.70. The molecule has 1 unspecified atom stereocenters. The smallest absolute Gasteiger partial charge is 0.326 e. The molecule has 0 bridgehead atoms. The summed E-state index contributed by atoms with van der Waals surface area (Å²) in [5.41, 5.74) is 13.5. The van der Waals surface area contributed by atoms with Crippen molar-refractivity contribution in [3.63, 3.8) is 0 Å². The Morgan fingerprint density at radius 2 is 1.82 bits per heavy atom. The number of aliphatic carboxylic acids is 2. The molecule has 3 rings (SSSR count). The van der Waals surface area contributed by atoms with E-state index in [1.54, 1.807) is 23.2 Å². The van der Waals surface area contributed by atoms with Crippen LogP contribution in [-0.2, 0) is 16.1 Å². The summed E-state index contributed by atoms with van der Waals surface area (Å²) >= 11 is 0. The number of hydrogen-bond donors (Lipinski definition) is 5. The van der Waals surface area contributed by atoms with E-state index in [0.717, 1.165) is 0 Å². The van der Waals surface area contributed by atoms with Gasteiger partial charge in [0.25, 0.3) is 5.91 Å². The van der Waals surface area contributed by atoms with Gasteiger partial charge in [0.15, 0.2) is 17.0 Å². The molecule has 0 fully saturated rings. The van der Waals surface area contributed by atoms with Gasteiger partial charge < -0.3 is 31.9 Å². The van der Waals surface area contributed by atoms with Gasteiger partial charge in [-0.1, -0.05) is 6.58 Å².